The van der Waals surface area contributed by atoms with Crippen LogP contribution in [0.1, 0.15) is 24.8 Å². The zero-order valence-corrected chi connectivity index (χ0v) is 10.3. The molecule has 0 spiro atoms. The van der Waals surface area contributed by atoms with Gasteiger partial charge in [-0.25, -0.2) is 0 Å². The van der Waals surface area contributed by atoms with E-state index in [2.05, 4.69) is 10.3 Å². The van der Waals surface area contributed by atoms with Crippen LogP contribution in [0.15, 0.2) is 24.5 Å². The third kappa shape index (κ3) is 6.10. The van der Waals surface area contributed by atoms with Crippen molar-refractivity contribution in [2.45, 2.75) is 31.7 Å². The zero-order valence-electron chi connectivity index (χ0n) is 10.3. The van der Waals surface area contributed by atoms with E-state index in [9.17, 15) is 9.59 Å². The highest BCUT2D eigenvalue weighted by Crippen LogP contribution is 1.98. The summed E-state index contributed by atoms with van der Waals surface area (Å²) in [5.41, 5.74) is 6.36. The Hall–Kier alpha value is -1.75. The Morgan fingerprint density at radius 1 is 1.50 bits per heavy atom. The van der Waals surface area contributed by atoms with E-state index in [0.717, 1.165) is 24.7 Å². The van der Waals surface area contributed by atoms with Gasteiger partial charge in [0, 0.05) is 18.9 Å². The highest BCUT2D eigenvalue weighted by molar-refractivity contribution is 5.78. The summed E-state index contributed by atoms with van der Waals surface area (Å²) in [4.78, 5) is 25.8. The van der Waals surface area contributed by atoms with Crippen LogP contribution in [0.3, 0.4) is 0 Å². The smallest absolute Gasteiger partial charge is 0.224 e. The van der Waals surface area contributed by atoms with Gasteiger partial charge in [-0.15, -0.1) is 0 Å². The number of aldehydes is 1. The molecule has 3 N–H and O–H groups in total. The van der Waals surface area contributed by atoms with E-state index in [1.165, 1.54) is 0 Å². The van der Waals surface area contributed by atoms with Gasteiger partial charge in [-0.3, -0.25) is 9.78 Å². The number of aromatic nitrogens is 1. The molecule has 1 aromatic rings. The molecule has 0 saturated carbocycles. The summed E-state index contributed by atoms with van der Waals surface area (Å²) in [5.74, 6) is -0.0114. The molecule has 0 aliphatic rings. The van der Waals surface area contributed by atoms with Gasteiger partial charge in [0.05, 0.1) is 12.5 Å². The van der Waals surface area contributed by atoms with E-state index in [-0.39, 0.29) is 11.9 Å². The lowest BCUT2D eigenvalue weighted by molar-refractivity contribution is -0.120. The van der Waals surface area contributed by atoms with Crippen molar-refractivity contribution in [3.63, 3.8) is 0 Å². The Balaban J connectivity index is 2.09. The van der Waals surface area contributed by atoms with Crippen molar-refractivity contribution < 1.29 is 9.59 Å². The molecule has 0 aromatic carbocycles. The number of nitrogens with one attached hydrogen (secondary N) is 1. The number of hydrogen-bond donors (Lipinski definition) is 2. The Kier molecular flexibility index (Phi) is 6.64. The molecule has 5 nitrogen and oxygen atoms in total. The molecule has 0 aliphatic carbocycles. The second-order valence-corrected chi connectivity index (χ2v) is 4.18. The van der Waals surface area contributed by atoms with E-state index in [0.29, 0.717) is 19.4 Å². The number of nitrogens with zero attached hydrogens (tertiary/aromatic N) is 1. The van der Waals surface area contributed by atoms with E-state index >= 15 is 0 Å². The van der Waals surface area contributed by atoms with Crippen LogP contribution in [0, 0.1) is 0 Å². The van der Waals surface area contributed by atoms with Crippen molar-refractivity contribution in [2.24, 2.45) is 5.73 Å². The van der Waals surface area contributed by atoms with E-state index in [1.54, 1.807) is 12.4 Å². The molecule has 1 aromatic heterocycles. The third-order valence-corrected chi connectivity index (χ3v) is 2.55. The fraction of sp³-hybridized carbons (Fsp3) is 0.462. The largest absolute Gasteiger partial charge is 0.356 e. The SMILES string of the molecule is N[C@@H](C=O)CCCCNC(=O)Cc1cccnc1. The number of rotatable bonds is 8. The summed E-state index contributed by atoms with van der Waals surface area (Å²) < 4.78 is 0. The number of unbranched alkanes of at least 4 members (excludes halogenated alkanes) is 1. The van der Waals surface area contributed by atoms with E-state index < -0.39 is 0 Å². The Bertz CT molecular complexity index is 368. The number of hydrogen-bond acceptors (Lipinski definition) is 4. The molecule has 0 unspecified atom stereocenters. The van der Waals surface area contributed by atoms with Crippen molar-refractivity contribution in [2.75, 3.05) is 6.54 Å². The molecule has 0 aliphatic heterocycles. The first kappa shape index (κ1) is 14.3. The van der Waals surface area contributed by atoms with E-state index in [4.69, 9.17) is 5.73 Å². The number of pyridine rings is 1. The van der Waals surface area contributed by atoms with Gasteiger partial charge in [-0.05, 0) is 30.9 Å². The van der Waals surface area contributed by atoms with Gasteiger partial charge in [-0.2, -0.15) is 0 Å². The lowest BCUT2D eigenvalue weighted by atomic mass is 10.1. The summed E-state index contributed by atoms with van der Waals surface area (Å²) in [6, 6.07) is 3.30. The minimum atomic E-state index is -0.379. The van der Waals surface area contributed by atoms with Gasteiger partial charge in [-0.1, -0.05) is 6.07 Å². The van der Waals surface area contributed by atoms with Crippen LogP contribution >= 0.6 is 0 Å². The highest BCUT2D eigenvalue weighted by Gasteiger charge is 2.03. The first-order chi connectivity index (χ1) is 8.72. The summed E-state index contributed by atoms with van der Waals surface area (Å²) >= 11 is 0. The van der Waals surface area contributed by atoms with Crippen molar-refractivity contribution in [3.8, 4) is 0 Å². The Morgan fingerprint density at radius 3 is 3.00 bits per heavy atom. The van der Waals surface area contributed by atoms with Crippen molar-refractivity contribution >= 4 is 12.2 Å². The average molecular weight is 249 g/mol. The molecule has 0 bridgehead atoms. The second kappa shape index (κ2) is 8.36. The Labute approximate surface area is 107 Å². The van der Waals surface area contributed by atoms with Crippen LogP contribution in [0.5, 0.6) is 0 Å². The minimum Gasteiger partial charge on any atom is -0.356 e. The molecule has 1 amide bonds. The fourth-order valence-corrected chi connectivity index (χ4v) is 1.55. The molecule has 18 heavy (non-hydrogen) atoms. The summed E-state index contributed by atoms with van der Waals surface area (Å²) in [7, 11) is 0. The Morgan fingerprint density at radius 2 is 2.33 bits per heavy atom. The van der Waals surface area contributed by atoms with E-state index in [1.807, 2.05) is 12.1 Å². The molecule has 0 fully saturated rings. The monoisotopic (exact) mass is 249 g/mol. The lowest BCUT2D eigenvalue weighted by Gasteiger charge is -2.06. The highest BCUT2D eigenvalue weighted by atomic mass is 16.1. The summed E-state index contributed by atoms with van der Waals surface area (Å²) in [6.07, 6.45) is 6.80. The molecule has 1 heterocycles. The minimum absolute atomic E-state index is 0.0114. The predicted octanol–water partition coefficient (Wildman–Crippen LogP) is 0.437. The standard InChI is InChI=1S/C13H19N3O2/c14-12(10-17)5-1-2-7-16-13(18)8-11-4-3-6-15-9-11/h3-4,6,9-10,12H,1-2,5,7-8,14H2,(H,16,18)/t12-/m1/s1. The fourth-order valence-electron chi connectivity index (χ4n) is 1.55. The summed E-state index contributed by atoms with van der Waals surface area (Å²) in [6.45, 7) is 0.616. The van der Waals surface area contributed by atoms with Crippen molar-refractivity contribution in [1.82, 2.24) is 10.3 Å². The molecule has 98 valence electrons. The zero-order chi connectivity index (χ0) is 13.2. The molecule has 1 atom stereocenters. The van der Waals surface area contributed by atoms with Gasteiger partial charge < -0.3 is 15.8 Å². The van der Waals surface area contributed by atoms with Crippen LogP contribution in [0.4, 0.5) is 0 Å². The quantitative estimate of drug-likeness (QED) is 0.517. The van der Waals surface area contributed by atoms with Crippen molar-refractivity contribution in [3.05, 3.63) is 30.1 Å². The normalized spacial score (nSPS) is 11.8. The van der Waals surface area contributed by atoms with Crippen LogP contribution in [-0.4, -0.2) is 29.8 Å². The van der Waals surface area contributed by atoms with Gasteiger partial charge in [0.1, 0.15) is 6.29 Å². The number of carbonyl (C=O) groups is 2. The maximum absolute atomic E-state index is 11.5. The van der Waals surface area contributed by atoms with Crippen LogP contribution in [-0.2, 0) is 16.0 Å². The van der Waals surface area contributed by atoms with Gasteiger partial charge >= 0.3 is 0 Å². The van der Waals surface area contributed by atoms with Crippen LogP contribution in [0.25, 0.3) is 0 Å². The van der Waals surface area contributed by atoms with Crippen LogP contribution in [0.2, 0.25) is 0 Å². The van der Waals surface area contributed by atoms with Gasteiger partial charge in [0.2, 0.25) is 5.91 Å². The molecule has 0 saturated heterocycles. The molecule has 0 radical (unpaired) electrons. The molecular formula is C13H19N3O2. The number of amides is 1. The van der Waals surface area contributed by atoms with Crippen molar-refractivity contribution in [1.29, 1.82) is 0 Å². The van der Waals surface area contributed by atoms with Gasteiger partial charge in [0.15, 0.2) is 0 Å². The second-order valence-electron chi connectivity index (χ2n) is 4.18. The first-order valence-corrected chi connectivity index (χ1v) is 6.09. The molecule has 1 rings (SSSR count). The summed E-state index contributed by atoms with van der Waals surface area (Å²) in [5, 5.41) is 2.83. The molecule has 5 heteroatoms. The first-order valence-electron chi connectivity index (χ1n) is 6.09. The number of carbonyl (C=O) groups excluding carboxylic acids is 2. The predicted molar refractivity (Wildman–Crippen MR) is 68.8 cm³/mol. The lowest BCUT2D eigenvalue weighted by Crippen LogP contribution is -2.27. The third-order valence-electron chi connectivity index (χ3n) is 2.55. The maximum atomic E-state index is 11.5. The van der Waals surface area contributed by atoms with Crippen LogP contribution < -0.4 is 11.1 Å². The topological polar surface area (TPSA) is 85.1 Å². The van der Waals surface area contributed by atoms with Gasteiger partial charge in [0.25, 0.3) is 0 Å². The average Bonchev–Trinajstić information content (AvgIpc) is 2.39. The number of nitrogens with two attached hydrogens (primary N) is 1. The maximum Gasteiger partial charge on any atom is 0.224 e. The molecular weight excluding hydrogens is 230 g/mol.